The van der Waals surface area contributed by atoms with Crippen molar-refractivity contribution < 1.29 is 18.3 Å². The van der Waals surface area contributed by atoms with E-state index in [1.807, 2.05) is 12.1 Å². The zero-order valence-corrected chi connectivity index (χ0v) is 13.8. The molecule has 132 valence electrons. The number of hydrogen-bond acceptors (Lipinski definition) is 4. The summed E-state index contributed by atoms with van der Waals surface area (Å²) in [5.74, 6) is 0.201. The molecule has 3 heterocycles. The number of carbonyl (C=O) groups is 1. The number of alkyl halides is 2. The number of pyridine rings is 2. The molecule has 1 aliphatic heterocycles. The van der Waals surface area contributed by atoms with Crippen LogP contribution in [0.3, 0.4) is 0 Å². The third-order valence-electron chi connectivity index (χ3n) is 4.09. The minimum atomic E-state index is -2.91. The molecule has 2 aromatic heterocycles. The summed E-state index contributed by atoms with van der Waals surface area (Å²) in [6, 6.07) is 6.12. The normalized spacial score (nSPS) is 18.6. The van der Waals surface area contributed by atoms with Crippen LogP contribution in [0.1, 0.15) is 25.5 Å². The summed E-state index contributed by atoms with van der Waals surface area (Å²) in [6.45, 7) is 1.85. The number of likely N-dealkylation sites (tertiary alicyclic amines) is 1. The van der Waals surface area contributed by atoms with Gasteiger partial charge in [-0.1, -0.05) is 19.9 Å². The molecule has 3 rings (SSSR count). The second-order valence-corrected chi connectivity index (χ2v) is 6.49. The maximum atomic E-state index is 12.5. The van der Waals surface area contributed by atoms with Crippen molar-refractivity contribution in [2.24, 2.45) is 5.41 Å². The first-order valence-corrected chi connectivity index (χ1v) is 7.75. The number of anilines is 1. The number of aromatic nitrogens is 2. The molecule has 0 bridgehead atoms. The Labute approximate surface area is 143 Å². The molecule has 0 unspecified atom stereocenters. The Kier molecular flexibility index (Phi) is 4.52. The number of ether oxygens (including phenoxy) is 1. The van der Waals surface area contributed by atoms with Gasteiger partial charge in [-0.05, 0) is 23.8 Å². The Morgan fingerprint density at radius 2 is 2.16 bits per heavy atom. The highest BCUT2D eigenvalue weighted by atomic mass is 19.3. The van der Waals surface area contributed by atoms with Crippen LogP contribution < -0.4 is 10.1 Å². The van der Waals surface area contributed by atoms with Gasteiger partial charge in [0, 0.05) is 24.4 Å². The summed E-state index contributed by atoms with van der Waals surface area (Å²) in [6.07, 6.45) is 4.58. The molecule has 0 aliphatic carbocycles. The minimum Gasteiger partial charge on any atom is -0.433 e. The fraction of sp³-hybridized carbons (Fsp3) is 0.353. The van der Waals surface area contributed by atoms with Crippen LogP contribution in [0.5, 0.6) is 5.75 Å². The summed E-state index contributed by atoms with van der Waals surface area (Å²) >= 11 is 0. The van der Waals surface area contributed by atoms with Crippen LogP contribution in [-0.4, -0.2) is 34.1 Å². The number of carbonyl (C=O) groups excluding carboxylic acids is 1. The molecular weight excluding hydrogens is 330 g/mol. The van der Waals surface area contributed by atoms with E-state index < -0.39 is 6.61 Å². The quantitative estimate of drug-likeness (QED) is 0.915. The van der Waals surface area contributed by atoms with Gasteiger partial charge in [0.1, 0.15) is 11.6 Å². The van der Waals surface area contributed by atoms with Crippen LogP contribution in [0.2, 0.25) is 0 Å². The second kappa shape index (κ2) is 6.62. The first-order valence-electron chi connectivity index (χ1n) is 7.75. The molecule has 0 radical (unpaired) electrons. The van der Waals surface area contributed by atoms with Crippen LogP contribution in [0.25, 0.3) is 0 Å². The lowest BCUT2D eigenvalue weighted by Gasteiger charge is -2.54. The average Bonchev–Trinajstić information content (AvgIpc) is 2.55. The Morgan fingerprint density at radius 1 is 1.36 bits per heavy atom. The van der Waals surface area contributed by atoms with Crippen LogP contribution in [0.15, 0.2) is 42.9 Å². The monoisotopic (exact) mass is 348 g/mol. The van der Waals surface area contributed by atoms with Gasteiger partial charge in [-0.3, -0.25) is 10.3 Å². The topological polar surface area (TPSA) is 67.4 Å². The molecule has 2 aromatic rings. The first-order chi connectivity index (χ1) is 11.9. The molecule has 0 saturated carbocycles. The lowest BCUT2D eigenvalue weighted by molar-refractivity contribution is -0.0500. The Balaban J connectivity index is 1.69. The van der Waals surface area contributed by atoms with E-state index in [9.17, 15) is 13.6 Å². The molecule has 1 N–H and O–H groups in total. The molecule has 1 fully saturated rings. The Morgan fingerprint density at radius 3 is 2.72 bits per heavy atom. The summed E-state index contributed by atoms with van der Waals surface area (Å²) in [7, 11) is 0. The van der Waals surface area contributed by atoms with Crippen molar-refractivity contribution in [2.45, 2.75) is 26.5 Å². The van der Waals surface area contributed by atoms with Crippen molar-refractivity contribution in [3.63, 3.8) is 0 Å². The number of urea groups is 1. The molecule has 25 heavy (non-hydrogen) atoms. The number of nitrogens with one attached hydrogen (secondary N) is 1. The van der Waals surface area contributed by atoms with Crippen molar-refractivity contribution in [1.29, 1.82) is 0 Å². The predicted molar refractivity (Wildman–Crippen MR) is 87.4 cm³/mol. The third-order valence-corrected chi connectivity index (χ3v) is 4.09. The smallest absolute Gasteiger partial charge is 0.387 e. The van der Waals surface area contributed by atoms with Gasteiger partial charge in [-0.15, -0.1) is 0 Å². The Hall–Kier alpha value is -2.77. The highest BCUT2D eigenvalue weighted by Gasteiger charge is 2.49. The number of rotatable bonds is 4. The Bertz CT molecular complexity index is 738. The molecule has 0 spiro atoms. The molecule has 1 atom stereocenters. The number of halogens is 2. The lowest BCUT2D eigenvalue weighted by atomic mass is 9.72. The standard InChI is InChI=1S/C17H18F2N4O2/c1-17(2)10-23(14(17)11-4-3-7-20-8-11)16(24)22-13-6-5-12(9-21-13)25-15(18)19/h3-9,14-15H,10H2,1-2H3,(H,21,22,24)/t14-/m1/s1. The van der Waals surface area contributed by atoms with Crippen LogP contribution in [0, 0.1) is 5.41 Å². The van der Waals surface area contributed by atoms with Gasteiger partial charge < -0.3 is 9.64 Å². The van der Waals surface area contributed by atoms with Crippen molar-refractivity contribution >= 4 is 11.8 Å². The lowest BCUT2D eigenvalue weighted by Crippen LogP contribution is -2.59. The van der Waals surface area contributed by atoms with Crippen molar-refractivity contribution in [3.8, 4) is 5.75 Å². The van der Waals surface area contributed by atoms with Gasteiger partial charge in [-0.2, -0.15) is 8.78 Å². The molecule has 1 saturated heterocycles. The fourth-order valence-corrected chi connectivity index (χ4v) is 3.09. The molecule has 6 nitrogen and oxygen atoms in total. The zero-order valence-electron chi connectivity index (χ0n) is 13.8. The number of nitrogens with zero attached hydrogens (tertiary/aromatic N) is 3. The number of hydrogen-bond donors (Lipinski definition) is 1. The van der Waals surface area contributed by atoms with Crippen LogP contribution >= 0.6 is 0 Å². The van der Waals surface area contributed by atoms with Gasteiger partial charge >= 0.3 is 12.6 Å². The third kappa shape index (κ3) is 3.67. The van der Waals surface area contributed by atoms with Gasteiger partial charge in [0.25, 0.3) is 0 Å². The first kappa shape index (κ1) is 17.1. The molecular formula is C17H18F2N4O2. The minimum absolute atomic E-state index is 0.0636. The van der Waals surface area contributed by atoms with E-state index in [1.165, 1.54) is 12.1 Å². The fourth-order valence-electron chi connectivity index (χ4n) is 3.09. The number of amides is 2. The zero-order chi connectivity index (χ0) is 18.0. The summed E-state index contributed by atoms with van der Waals surface area (Å²) in [5, 5.41) is 2.67. The predicted octanol–water partition coefficient (Wildman–Crippen LogP) is 3.69. The summed E-state index contributed by atoms with van der Waals surface area (Å²) in [4.78, 5) is 22.3. The molecule has 8 heteroatoms. The van der Waals surface area contributed by atoms with E-state index in [0.29, 0.717) is 6.54 Å². The van der Waals surface area contributed by atoms with Crippen molar-refractivity contribution in [3.05, 3.63) is 48.4 Å². The second-order valence-electron chi connectivity index (χ2n) is 6.49. The van der Waals surface area contributed by atoms with Gasteiger partial charge in [-0.25, -0.2) is 9.78 Å². The van der Waals surface area contributed by atoms with E-state index in [4.69, 9.17) is 0 Å². The molecule has 1 aliphatic rings. The maximum absolute atomic E-state index is 12.5. The van der Waals surface area contributed by atoms with Gasteiger partial charge in [0.15, 0.2) is 0 Å². The van der Waals surface area contributed by atoms with E-state index in [2.05, 4.69) is 33.9 Å². The SMILES string of the molecule is CC1(C)CN(C(=O)Nc2ccc(OC(F)F)cn2)[C@@H]1c1cccnc1. The molecule has 0 aromatic carbocycles. The van der Waals surface area contributed by atoms with E-state index >= 15 is 0 Å². The van der Waals surface area contributed by atoms with Crippen LogP contribution in [0.4, 0.5) is 19.4 Å². The van der Waals surface area contributed by atoms with Crippen LogP contribution in [-0.2, 0) is 0 Å². The van der Waals surface area contributed by atoms with Gasteiger partial charge in [0.2, 0.25) is 0 Å². The van der Waals surface area contributed by atoms with Crippen molar-refractivity contribution in [1.82, 2.24) is 14.9 Å². The summed E-state index contributed by atoms with van der Waals surface area (Å²) < 4.78 is 28.5. The average molecular weight is 348 g/mol. The van der Waals surface area contributed by atoms with Gasteiger partial charge in [0.05, 0.1) is 12.2 Å². The van der Waals surface area contributed by atoms with E-state index in [-0.39, 0.29) is 29.1 Å². The largest absolute Gasteiger partial charge is 0.433 e. The maximum Gasteiger partial charge on any atom is 0.387 e. The van der Waals surface area contributed by atoms with E-state index in [1.54, 1.807) is 17.3 Å². The highest BCUT2D eigenvalue weighted by Crippen LogP contribution is 2.48. The summed E-state index contributed by atoms with van der Waals surface area (Å²) in [5.41, 5.74) is 0.894. The highest BCUT2D eigenvalue weighted by molar-refractivity contribution is 5.89. The van der Waals surface area contributed by atoms with E-state index in [0.717, 1.165) is 11.8 Å². The van der Waals surface area contributed by atoms with Crippen molar-refractivity contribution in [2.75, 3.05) is 11.9 Å². The molecule has 2 amide bonds.